The van der Waals surface area contributed by atoms with Crippen LogP contribution < -0.4 is 10.6 Å². The van der Waals surface area contributed by atoms with E-state index < -0.39 is 0 Å². The van der Waals surface area contributed by atoms with Gasteiger partial charge >= 0.3 is 0 Å². The number of rotatable bonds is 4. The van der Waals surface area contributed by atoms with Crippen LogP contribution in [0.4, 0.5) is 5.69 Å². The largest absolute Gasteiger partial charge is 0.382 e. The number of aryl methyl sites for hydroxylation is 2. The highest BCUT2D eigenvalue weighted by atomic mass is 79.9. The van der Waals surface area contributed by atoms with Gasteiger partial charge in [-0.1, -0.05) is 6.07 Å². The quantitative estimate of drug-likeness (QED) is 0.835. The summed E-state index contributed by atoms with van der Waals surface area (Å²) in [6, 6.07) is 4.21. The molecular formula is C12H17BrN2O. The Labute approximate surface area is 105 Å². The lowest BCUT2D eigenvalue weighted by Crippen LogP contribution is -2.26. The Bertz CT molecular complexity index is 368. The Balaban J connectivity index is 2.57. The highest BCUT2D eigenvalue weighted by Gasteiger charge is 2.03. The van der Waals surface area contributed by atoms with E-state index in [0.29, 0.717) is 6.54 Å². The minimum atomic E-state index is 0.00138. The summed E-state index contributed by atoms with van der Waals surface area (Å²) < 4.78 is 1.06. The van der Waals surface area contributed by atoms with Crippen LogP contribution >= 0.6 is 15.9 Å². The number of carbonyl (C=O) groups excluding carboxylic acids is 1. The van der Waals surface area contributed by atoms with Crippen LogP contribution in [0.15, 0.2) is 16.6 Å². The normalized spacial score (nSPS) is 10.0. The van der Waals surface area contributed by atoms with Crippen molar-refractivity contribution in [2.75, 3.05) is 18.4 Å². The second-order valence-corrected chi connectivity index (χ2v) is 4.70. The monoisotopic (exact) mass is 284 g/mol. The third kappa shape index (κ3) is 3.85. The van der Waals surface area contributed by atoms with Crippen LogP contribution in [0, 0.1) is 13.8 Å². The predicted molar refractivity (Wildman–Crippen MR) is 70.8 cm³/mol. The number of nitrogens with one attached hydrogen (secondary N) is 2. The van der Waals surface area contributed by atoms with Crippen molar-refractivity contribution >= 4 is 27.5 Å². The molecule has 0 heterocycles. The van der Waals surface area contributed by atoms with Gasteiger partial charge in [-0.05, 0) is 47.0 Å². The first kappa shape index (κ1) is 13.0. The van der Waals surface area contributed by atoms with Gasteiger partial charge in [0.15, 0.2) is 0 Å². The minimum absolute atomic E-state index is 0.00138. The summed E-state index contributed by atoms with van der Waals surface area (Å²) in [5, 5.41) is 6.05. The number of carbonyl (C=O) groups is 1. The SMILES string of the molecule is CC(=O)NCCNc1c(C)cc(C)cc1Br. The van der Waals surface area contributed by atoms with E-state index in [-0.39, 0.29) is 5.91 Å². The van der Waals surface area contributed by atoms with Crippen molar-refractivity contribution in [2.24, 2.45) is 0 Å². The van der Waals surface area contributed by atoms with Crippen LogP contribution in [0.2, 0.25) is 0 Å². The maximum atomic E-state index is 10.7. The van der Waals surface area contributed by atoms with Gasteiger partial charge in [0.25, 0.3) is 0 Å². The molecule has 0 spiro atoms. The molecule has 3 nitrogen and oxygen atoms in total. The first-order valence-electron chi connectivity index (χ1n) is 5.25. The van der Waals surface area contributed by atoms with Crippen molar-refractivity contribution < 1.29 is 4.79 Å². The Morgan fingerprint density at radius 3 is 2.56 bits per heavy atom. The van der Waals surface area contributed by atoms with Crippen molar-refractivity contribution in [3.63, 3.8) is 0 Å². The molecule has 0 aliphatic heterocycles. The lowest BCUT2D eigenvalue weighted by atomic mass is 10.1. The lowest BCUT2D eigenvalue weighted by Gasteiger charge is -2.12. The van der Waals surface area contributed by atoms with Gasteiger partial charge in [0.2, 0.25) is 5.91 Å². The first-order valence-corrected chi connectivity index (χ1v) is 6.05. The summed E-state index contributed by atoms with van der Waals surface area (Å²) in [6.07, 6.45) is 0. The minimum Gasteiger partial charge on any atom is -0.382 e. The maximum Gasteiger partial charge on any atom is 0.216 e. The molecule has 1 aromatic rings. The molecule has 1 amide bonds. The number of hydrogen-bond acceptors (Lipinski definition) is 2. The van der Waals surface area contributed by atoms with Crippen LogP contribution in [0.1, 0.15) is 18.1 Å². The molecule has 0 aliphatic rings. The molecule has 0 unspecified atom stereocenters. The zero-order chi connectivity index (χ0) is 12.1. The Morgan fingerprint density at radius 1 is 1.31 bits per heavy atom. The average molecular weight is 285 g/mol. The van der Waals surface area contributed by atoms with E-state index >= 15 is 0 Å². The molecular weight excluding hydrogens is 268 g/mol. The molecule has 1 rings (SSSR count). The number of benzene rings is 1. The highest BCUT2D eigenvalue weighted by molar-refractivity contribution is 9.10. The number of anilines is 1. The molecule has 16 heavy (non-hydrogen) atoms. The zero-order valence-electron chi connectivity index (χ0n) is 9.86. The molecule has 0 saturated heterocycles. The van der Waals surface area contributed by atoms with Gasteiger partial charge in [-0.15, -0.1) is 0 Å². The third-order valence-electron chi connectivity index (χ3n) is 2.23. The maximum absolute atomic E-state index is 10.7. The molecule has 0 aromatic heterocycles. The van der Waals surface area contributed by atoms with Crippen LogP contribution in [0.5, 0.6) is 0 Å². The van der Waals surface area contributed by atoms with E-state index in [2.05, 4.69) is 52.5 Å². The molecule has 0 bridgehead atoms. The van der Waals surface area contributed by atoms with Crippen LogP contribution in [0.3, 0.4) is 0 Å². The fourth-order valence-corrected chi connectivity index (χ4v) is 2.38. The number of amides is 1. The van der Waals surface area contributed by atoms with Gasteiger partial charge in [0.1, 0.15) is 0 Å². The number of halogens is 1. The summed E-state index contributed by atoms with van der Waals surface area (Å²) in [5.74, 6) is 0.00138. The topological polar surface area (TPSA) is 41.1 Å². The Hall–Kier alpha value is -1.03. The molecule has 0 radical (unpaired) electrons. The smallest absolute Gasteiger partial charge is 0.216 e. The van der Waals surface area contributed by atoms with Gasteiger partial charge in [0, 0.05) is 24.5 Å². The molecule has 0 aliphatic carbocycles. The molecule has 4 heteroatoms. The standard InChI is InChI=1S/C12H17BrN2O/c1-8-6-9(2)12(11(13)7-8)15-5-4-14-10(3)16/h6-7,15H,4-5H2,1-3H3,(H,14,16). The van der Waals surface area contributed by atoms with Crippen LogP contribution in [-0.4, -0.2) is 19.0 Å². The lowest BCUT2D eigenvalue weighted by molar-refractivity contribution is -0.118. The summed E-state index contributed by atoms with van der Waals surface area (Å²) in [5.41, 5.74) is 3.53. The van der Waals surface area contributed by atoms with E-state index in [9.17, 15) is 4.79 Å². The summed E-state index contributed by atoms with van der Waals surface area (Å²) in [6.45, 7) is 7.02. The van der Waals surface area contributed by atoms with Gasteiger partial charge < -0.3 is 10.6 Å². The molecule has 0 saturated carbocycles. The van der Waals surface area contributed by atoms with E-state index in [4.69, 9.17) is 0 Å². The fraction of sp³-hybridized carbons (Fsp3) is 0.417. The van der Waals surface area contributed by atoms with E-state index in [1.807, 2.05) is 0 Å². The first-order chi connectivity index (χ1) is 7.50. The molecule has 0 fully saturated rings. The van der Waals surface area contributed by atoms with E-state index in [0.717, 1.165) is 16.7 Å². The fourth-order valence-electron chi connectivity index (χ4n) is 1.57. The van der Waals surface area contributed by atoms with Crippen molar-refractivity contribution in [1.29, 1.82) is 0 Å². The summed E-state index contributed by atoms with van der Waals surface area (Å²) in [4.78, 5) is 10.7. The van der Waals surface area contributed by atoms with Gasteiger partial charge in [0.05, 0.1) is 5.69 Å². The predicted octanol–water partition coefficient (Wildman–Crippen LogP) is 2.61. The van der Waals surface area contributed by atoms with E-state index in [1.54, 1.807) is 0 Å². The average Bonchev–Trinajstić information content (AvgIpc) is 2.14. The van der Waals surface area contributed by atoms with Crippen molar-refractivity contribution in [1.82, 2.24) is 5.32 Å². The van der Waals surface area contributed by atoms with Crippen molar-refractivity contribution in [2.45, 2.75) is 20.8 Å². The second kappa shape index (κ2) is 5.89. The summed E-state index contributed by atoms with van der Waals surface area (Å²) in [7, 11) is 0. The molecule has 88 valence electrons. The highest BCUT2D eigenvalue weighted by Crippen LogP contribution is 2.27. The van der Waals surface area contributed by atoms with Crippen molar-refractivity contribution in [3.05, 3.63) is 27.7 Å². The van der Waals surface area contributed by atoms with E-state index in [1.165, 1.54) is 18.1 Å². The zero-order valence-corrected chi connectivity index (χ0v) is 11.4. The molecule has 0 atom stereocenters. The number of hydrogen-bond donors (Lipinski definition) is 2. The van der Waals surface area contributed by atoms with Crippen molar-refractivity contribution in [3.8, 4) is 0 Å². The second-order valence-electron chi connectivity index (χ2n) is 3.85. The van der Waals surface area contributed by atoms with Gasteiger partial charge in [-0.3, -0.25) is 4.79 Å². The van der Waals surface area contributed by atoms with Gasteiger partial charge in [-0.25, -0.2) is 0 Å². The molecule has 2 N–H and O–H groups in total. The Kier molecular flexibility index (Phi) is 4.80. The summed E-state index contributed by atoms with van der Waals surface area (Å²) >= 11 is 3.53. The van der Waals surface area contributed by atoms with Crippen LogP contribution in [0.25, 0.3) is 0 Å². The van der Waals surface area contributed by atoms with Crippen LogP contribution in [-0.2, 0) is 4.79 Å². The molecule has 1 aromatic carbocycles. The Morgan fingerprint density at radius 2 is 2.00 bits per heavy atom. The third-order valence-corrected chi connectivity index (χ3v) is 2.86. The van der Waals surface area contributed by atoms with Gasteiger partial charge in [-0.2, -0.15) is 0 Å².